The van der Waals surface area contributed by atoms with E-state index in [1.165, 1.54) is 11.1 Å². The van der Waals surface area contributed by atoms with E-state index in [1.807, 2.05) is 24.3 Å². The highest BCUT2D eigenvalue weighted by molar-refractivity contribution is 9.10. The quantitative estimate of drug-likeness (QED) is 0.454. The molecule has 0 radical (unpaired) electrons. The van der Waals surface area contributed by atoms with Crippen molar-refractivity contribution >= 4 is 33.1 Å². The molecule has 4 heteroatoms. The fraction of sp³-hybridized carbons (Fsp3) is 0.192. The Kier molecular flexibility index (Phi) is 4.95. The van der Waals surface area contributed by atoms with Crippen LogP contribution in [0.3, 0.4) is 0 Å². The van der Waals surface area contributed by atoms with E-state index < -0.39 is 0 Å². The molecule has 0 spiro atoms. The molecule has 2 aliphatic rings. The number of allylic oxidation sites excluding steroid dienone is 1. The van der Waals surface area contributed by atoms with Gasteiger partial charge in [0.05, 0.1) is 23.3 Å². The van der Waals surface area contributed by atoms with E-state index in [2.05, 4.69) is 88.1 Å². The number of anilines is 2. The Morgan fingerprint density at radius 3 is 2.43 bits per heavy atom. The molecule has 0 amide bonds. The maximum atomic E-state index is 13.5. The first kappa shape index (κ1) is 19.1. The van der Waals surface area contributed by atoms with Crippen molar-refractivity contribution < 1.29 is 4.79 Å². The number of hydrogen-bond donors (Lipinski definition) is 2. The second kappa shape index (κ2) is 7.77. The summed E-state index contributed by atoms with van der Waals surface area (Å²) in [6, 6.07) is 24.8. The zero-order valence-corrected chi connectivity index (χ0v) is 18.3. The van der Waals surface area contributed by atoms with Crippen molar-refractivity contribution in [3.05, 3.63) is 106 Å². The van der Waals surface area contributed by atoms with Crippen molar-refractivity contribution in [2.75, 3.05) is 10.6 Å². The van der Waals surface area contributed by atoms with E-state index in [9.17, 15) is 4.79 Å². The number of aryl methyl sites for hydroxylation is 1. The zero-order valence-electron chi connectivity index (χ0n) is 16.7. The van der Waals surface area contributed by atoms with Crippen LogP contribution < -0.4 is 10.6 Å². The van der Waals surface area contributed by atoms with E-state index in [0.717, 1.165) is 27.1 Å². The van der Waals surface area contributed by atoms with Gasteiger partial charge in [0.15, 0.2) is 0 Å². The van der Waals surface area contributed by atoms with Gasteiger partial charge in [0.1, 0.15) is 5.78 Å². The number of para-hydroxylation sites is 2. The van der Waals surface area contributed by atoms with Crippen molar-refractivity contribution in [2.24, 2.45) is 5.92 Å². The molecule has 3 nitrogen and oxygen atoms in total. The normalized spacial score (nSPS) is 22.7. The molecule has 30 heavy (non-hydrogen) atoms. The Balaban J connectivity index is 1.62. The molecule has 0 fully saturated rings. The van der Waals surface area contributed by atoms with Crippen molar-refractivity contribution in [1.29, 1.82) is 0 Å². The number of rotatable bonds is 2. The Bertz CT molecular complexity index is 1140. The van der Waals surface area contributed by atoms with Gasteiger partial charge in [-0.05, 0) is 42.3 Å². The number of benzene rings is 3. The van der Waals surface area contributed by atoms with Crippen LogP contribution in [-0.4, -0.2) is 5.78 Å². The lowest BCUT2D eigenvalue weighted by atomic mass is 9.76. The Labute approximate surface area is 185 Å². The molecular weight excluding hydrogens is 436 g/mol. The van der Waals surface area contributed by atoms with Gasteiger partial charge in [-0.2, -0.15) is 0 Å². The molecule has 1 heterocycles. The van der Waals surface area contributed by atoms with Gasteiger partial charge in [-0.15, -0.1) is 0 Å². The minimum Gasteiger partial charge on any atom is -0.375 e. The number of halogens is 1. The number of fused-ring (bicyclic) bond motifs is 2. The third kappa shape index (κ3) is 3.56. The van der Waals surface area contributed by atoms with Crippen LogP contribution in [0, 0.1) is 12.8 Å². The molecule has 0 aromatic heterocycles. The summed E-state index contributed by atoms with van der Waals surface area (Å²) in [5, 5.41) is 7.23. The van der Waals surface area contributed by atoms with E-state index in [0.29, 0.717) is 6.42 Å². The van der Waals surface area contributed by atoms with Crippen LogP contribution in [0.5, 0.6) is 0 Å². The fourth-order valence-electron chi connectivity index (χ4n) is 4.51. The van der Waals surface area contributed by atoms with E-state index >= 15 is 0 Å². The first-order valence-electron chi connectivity index (χ1n) is 10.3. The van der Waals surface area contributed by atoms with Gasteiger partial charge >= 0.3 is 0 Å². The molecule has 3 unspecified atom stereocenters. The molecule has 1 aliphatic heterocycles. The zero-order chi connectivity index (χ0) is 20.7. The Hall–Kier alpha value is -2.85. The highest BCUT2D eigenvalue weighted by atomic mass is 79.9. The number of ketones is 1. The van der Waals surface area contributed by atoms with Crippen LogP contribution in [0.1, 0.15) is 35.1 Å². The number of carbonyl (C=O) groups is 1. The standard InChI is InChI=1S/C26H23BrN2O/c1-16-9-11-17(12-10-16)19-14-23-25(24(30)15-19)26(18-5-4-6-20(27)13-18)29-22-8-3-2-7-21(22)28-23/h2-14,19,25-26,28-29H,15H2,1H3. The van der Waals surface area contributed by atoms with Crippen molar-refractivity contribution in [3.8, 4) is 0 Å². The average molecular weight is 459 g/mol. The van der Waals surface area contributed by atoms with Crippen LogP contribution >= 0.6 is 15.9 Å². The summed E-state index contributed by atoms with van der Waals surface area (Å²) in [4.78, 5) is 13.5. The predicted molar refractivity (Wildman–Crippen MR) is 126 cm³/mol. The molecule has 5 rings (SSSR count). The van der Waals surface area contributed by atoms with E-state index in [-0.39, 0.29) is 23.7 Å². The van der Waals surface area contributed by atoms with Gasteiger partial charge < -0.3 is 10.6 Å². The van der Waals surface area contributed by atoms with Crippen LogP contribution in [0.4, 0.5) is 11.4 Å². The summed E-state index contributed by atoms with van der Waals surface area (Å²) in [6.45, 7) is 2.09. The third-order valence-corrected chi connectivity index (χ3v) is 6.54. The van der Waals surface area contributed by atoms with Crippen LogP contribution in [0.15, 0.2) is 89.0 Å². The average Bonchev–Trinajstić information content (AvgIpc) is 2.91. The summed E-state index contributed by atoms with van der Waals surface area (Å²) in [6.07, 6.45) is 2.77. The largest absolute Gasteiger partial charge is 0.375 e. The highest BCUT2D eigenvalue weighted by Crippen LogP contribution is 2.44. The summed E-state index contributed by atoms with van der Waals surface area (Å²) in [7, 11) is 0. The number of Topliss-reactive ketones (excluding diaryl/α,β-unsaturated/α-hetero) is 1. The van der Waals surface area contributed by atoms with E-state index in [4.69, 9.17) is 0 Å². The van der Waals surface area contributed by atoms with Gasteiger partial charge in [0.25, 0.3) is 0 Å². The van der Waals surface area contributed by atoms with Gasteiger partial charge in [0, 0.05) is 22.5 Å². The fourth-order valence-corrected chi connectivity index (χ4v) is 4.93. The lowest BCUT2D eigenvalue weighted by Gasteiger charge is -2.32. The first-order chi connectivity index (χ1) is 14.6. The van der Waals surface area contributed by atoms with Crippen LogP contribution in [0.2, 0.25) is 0 Å². The first-order valence-corrected chi connectivity index (χ1v) is 11.1. The highest BCUT2D eigenvalue weighted by Gasteiger charge is 2.39. The maximum Gasteiger partial charge on any atom is 0.145 e. The maximum absolute atomic E-state index is 13.5. The molecule has 150 valence electrons. The lowest BCUT2D eigenvalue weighted by Crippen LogP contribution is -2.33. The van der Waals surface area contributed by atoms with Gasteiger partial charge in [0.2, 0.25) is 0 Å². The number of hydrogen-bond acceptors (Lipinski definition) is 3. The molecule has 3 aromatic carbocycles. The summed E-state index contributed by atoms with van der Waals surface area (Å²) < 4.78 is 1.01. The molecule has 1 aliphatic carbocycles. The topological polar surface area (TPSA) is 41.1 Å². The summed E-state index contributed by atoms with van der Waals surface area (Å²) in [5.41, 5.74) is 6.51. The molecule has 3 aromatic rings. The van der Waals surface area contributed by atoms with Gasteiger partial charge in [-0.3, -0.25) is 4.79 Å². The third-order valence-electron chi connectivity index (χ3n) is 6.05. The van der Waals surface area contributed by atoms with Gasteiger partial charge in [-0.1, -0.05) is 76.1 Å². The van der Waals surface area contributed by atoms with Gasteiger partial charge in [-0.25, -0.2) is 0 Å². The summed E-state index contributed by atoms with van der Waals surface area (Å²) in [5.74, 6) is 0.0922. The van der Waals surface area contributed by atoms with Crippen molar-refractivity contribution in [1.82, 2.24) is 0 Å². The molecule has 0 bridgehead atoms. The smallest absolute Gasteiger partial charge is 0.145 e. The molecular formula is C26H23BrN2O. The van der Waals surface area contributed by atoms with Crippen LogP contribution in [-0.2, 0) is 4.79 Å². The van der Waals surface area contributed by atoms with Crippen molar-refractivity contribution in [3.63, 3.8) is 0 Å². The molecule has 2 N–H and O–H groups in total. The molecule has 0 saturated heterocycles. The minimum absolute atomic E-state index is 0.0882. The summed E-state index contributed by atoms with van der Waals surface area (Å²) >= 11 is 3.59. The molecule has 0 saturated carbocycles. The number of carbonyl (C=O) groups excluding carboxylic acids is 1. The second-order valence-corrected chi connectivity index (χ2v) is 9.05. The number of nitrogens with one attached hydrogen (secondary N) is 2. The Morgan fingerprint density at radius 1 is 0.900 bits per heavy atom. The monoisotopic (exact) mass is 458 g/mol. The lowest BCUT2D eigenvalue weighted by molar-refractivity contribution is -0.122. The van der Waals surface area contributed by atoms with Crippen LogP contribution in [0.25, 0.3) is 0 Å². The SMILES string of the molecule is Cc1ccc(C2C=C3Nc4ccccc4NC(c4cccc(Br)c4)C3C(=O)C2)cc1. The van der Waals surface area contributed by atoms with E-state index in [1.54, 1.807) is 0 Å². The second-order valence-electron chi connectivity index (χ2n) is 8.13. The Morgan fingerprint density at radius 2 is 1.67 bits per heavy atom. The van der Waals surface area contributed by atoms with Crippen molar-refractivity contribution in [2.45, 2.75) is 25.3 Å². The minimum atomic E-state index is -0.256. The predicted octanol–water partition coefficient (Wildman–Crippen LogP) is 6.59. The molecule has 3 atom stereocenters.